The highest BCUT2D eigenvalue weighted by atomic mass is 32.1. The molecule has 2 aromatic rings. The molecule has 1 N–H and O–H groups in total. The minimum atomic E-state index is -0.748. The lowest BCUT2D eigenvalue weighted by molar-refractivity contribution is -0.130. The summed E-state index contributed by atoms with van der Waals surface area (Å²) in [5.41, 5.74) is -0.748. The minimum Gasteiger partial charge on any atom is -0.354 e. The quantitative estimate of drug-likeness (QED) is 0.920. The van der Waals surface area contributed by atoms with Crippen molar-refractivity contribution >= 4 is 33.2 Å². The topological polar surface area (TPSA) is 49.4 Å². The number of nitrogens with zero attached hydrogens (tertiary/aromatic N) is 1. The molecule has 1 atom stereocenters. The van der Waals surface area contributed by atoms with E-state index in [2.05, 4.69) is 19.2 Å². The zero-order valence-electron chi connectivity index (χ0n) is 14.5. The van der Waals surface area contributed by atoms with Crippen LogP contribution in [0.4, 0.5) is 0 Å². The number of likely N-dealkylation sites (tertiary alicyclic amines) is 1. The standard InChI is InChI=1S/C19H24N2O2S/c1-13(2)12-20-18(23)19(3)9-6-10-21(19)17(22)16-11-14-7-4-5-8-15(14)24-16/h4-5,7-8,11,13H,6,9-10,12H2,1-3H3,(H,20,23). The van der Waals surface area contributed by atoms with Crippen molar-refractivity contribution in [3.63, 3.8) is 0 Å². The van der Waals surface area contributed by atoms with Gasteiger partial charge in [-0.25, -0.2) is 0 Å². The maximum atomic E-state index is 13.0. The van der Waals surface area contributed by atoms with E-state index >= 15 is 0 Å². The van der Waals surface area contributed by atoms with Crippen LogP contribution < -0.4 is 5.32 Å². The van der Waals surface area contributed by atoms with Gasteiger partial charge in [-0.05, 0) is 43.2 Å². The molecule has 1 saturated heterocycles. The number of rotatable bonds is 4. The number of carbonyl (C=O) groups excluding carboxylic acids is 2. The number of carbonyl (C=O) groups is 2. The summed E-state index contributed by atoms with van der Waals surface area (Å²) >= 11 is 1.50. The third-order valence-electron chi connectivity index (χ3n) is 4.68. The maximum absolute atomic E-state index is 13.0. The van der Waals surface area contributed by atoms with Gasteiger partial charge in [-0.15, -0.1) is 11.3 Å². The van der Waals surface area contributed by atoms with Gasteiger partial charge in [0.15, 0.2) is 0 Å². The first-order chi connectivity index (χ1) is 11.4. The van der Waals surface area contributed by atoms with Gasteiger partial charge in [-0.3, -0.25) is 9.59 Å². The van der Waals surface area contributed by atoms with Crippen molar-refractivity contribution in [2.45, 2.75) is 39.2 Å². The fraction of sp³-hybridized carbons (Fsp3) is 0.474. The van der Waals surface area contributed by atoms with Gasteiger partial charge in [0.25, 0.3) is 5.91 Å². The molecule has 1 aliphatic heterocycles. The lowest BCUT2D eigenvalue weighted by atomic mass is 9.97. The molecule has 2 amide bonds. The van der Waals surface area contributed by atoms with Crippen LogP contribution in [-0.2, 0) is 4.79 Å². The van der Waals surface area contributed by atoms with E-state index in [4.69, 9.17) is 0 Å². The van der Waals surface area contributed by atoms with Crippen molar-refractivity contribution in [1.82, 2.24) is 10.2 Å². The van der Waals surface area contributed by atoms with E-state index in [9.17, 15) is 9.59 Å². The van der Waals surface area contributed by atoms with E-state index < -0.39 is 5.54 Å². The van der Waals surface area contributed by atoms with E-state index in [0.717, 1.165) is 16.5 Å². The Labute approximate surface area is 146 Å². The molecule has 3 rings (SSSR count). The number of fused-ring (bicyclic) bond motifs is 1. The summed E-state index contributed by atoms with van der Waals surface area (Å²) in [6.45, 7) is 7.30. The molecule has 1 unspecified atom stereocenters. The summed E-state index contributed by atoms with van der Waals surface area (Å²) in [5, 5.41) is 4.08. The van der Waals surface area contributed by atoms with Gasteiger partial charge in [-0.2, -0.15) is 0 Å². The average molecular weight is 344 g/mol. The van der Waals surface area contributed by atoms with Gasteiger partial charge >= 0.3 is 0 Å². The molecule has 0 bridgehead atoms. The third kappa shape index (κ3) is 3.05. The van der Waals surface area contributed by atoms with Crippen LogP contribution in [0.2, 0.25) is 0 Å². The van der Waals surface area contributed by atoms with Gasteiger partial charge < -0.3 is 10.2 Å². The molecule has 0 spiro atoms. The molecular weight excluding hydrogens is 320 g/mol. The molecule has 2 heterocycles. The number of thiophene rings is 1. The Morgan fingerprint density at radius 1 is 1.33 bits per heavy atom. The number of amides is 2. The van der Waals surface area contributed by atoms with Crippen molar-refractivity contribution < 1.29 is 9.59 Å². The van der Waals surface area contributed by atoms with E-state index in [1.807, 2.05) is 37.3 Å². The molecule has 4 nitrogen and oxygen atoms in total. The van der Waals surface area contributed by atoms with Crippen molar-refractivity contribution in [1.29, 1.82) is 0 Å². The lowest BCUT2D eigenvalue weighted by Crippen LogP contribution is -2.55. The van der Waals surface area contributed by atoms with Gasteiger partial charge in [0, 0.05) is 17.8 Å². The van der Waals surface area contributed by atoms with Gasteiger partial charge in [0.05, 0.1) is 4.88 Å². The lowest BCUT2D eigenvalue weighted by Gasteiger charge is -2.33. The van der Waals surface area contributed by atoms with Crippen LogP contribution in [0.15, 0.2) is 30.3 Å². The summed E-state index contributed by atoms with van der Waals surface area (Å²) in [6.07, 6.45) is 1.58. The van der Waals surface area contributed by atoms with Crippen LogP contribution in [0, 0.1) is 5.92 Å². The Hall–Kier alpha value is -1.88. The van der Waals surface area contributed by atoms with E-state index in [-0.39, 0.29) is 11.8 Å². The fourth-order valence-corrected chi connectivity index (χ4v) is 4.24. The summed E-state index contributed by atoms with van der Waals surface area (Å²) < 4.78 is 1.10. The van der Waals surface area contributed by atoms with Gasteiger partial charge in [0.2, 0.25) is 5.91 Å². The first-order valence-electron chi connectivity index (χ1n) is 8.50. The SMILES string of the molecule is CC(C)CNC(=O)C1(C)CCCN1C(=O)c1cc2ccccc2s1. The molecule has 0 aliphatic carbocycles. The number of hydrogen-bond acceptors (Lipinski definition) is 3. The largest absolute Gasteiger partial charge is 0.354 e. The molecule has 0 saturated carbocycles. The first kappa shape index (κ1) is 17.0. The van der Waals surface area contributed by atoms with Gasteiger partial charge in [0.1, 0.15) is 5.54 Å². The predicted octanol–water partition coefficient (Wildman–Crippen LogP) is 3.67. The Morgan fingerprint density at radius 3 is 2.79 bits per heavy atom. The van der Waals surface area contributed by atoms with Crippen LogP contribution in [-0.4, -0.2) is 35.3 Å². The summed E-state index contributed by atoms with van der Waals surface area (Å²) in [5.74, 6) is 0.324. The van der Waals surface area contributed by atoms with E-state index in [1.165, 1.54) is 11.3 Å². The van der Waals surface area contributed by atoms with Crippen LogP contribution in [0.3, 0.4) is 0 Å². The van der Waals surface area contributed by atoms with Crippen molar-refractivity contribution in [2.24, 2.45) is 5.92 Å². The summed E-state index contributed by atoms with van der Waals surface area (Å²) in [7, 11) is 0. The van der Waals surface area contributed by atoms with Crippen LogP contribution in [0.1, 0.15) is 43.3 Å². The van der Waals surface area contributed by atoms with E-state index in [0.29, 0.717) is 30.3 Å². The molecule has 5 heteroatoms. The minimum absolute atomic E-state index is 0.0316. The molecule has 1 fully saturated rings. The molecule has 128 valence electrons. The zero-order chi connectivity index (χ0) is 17.3. The first-order valence-corrected chi connectivity index (χ1v) is 9.32. The second-order valence-electron chi connectivity index (χ2n) is 7.09. The fourth-order valence-electron chi connectivity index (χ4n) is 3.23. The van der Waals surface area contributed by atoms with E-state index in [1.54, 1.807) is 4.90 Å². The van der Waals surface area contributed by atoms with Crippen molar-refractivity contribution in [3.05, 3.63) is 35.2 Å². The molecule has 0 radical (unpaired) electrons. The summed E-state index contributed by atoms with van der Waals surface area (Å²) in [6, 6.07) is 9.93. The highest BCUT2D eigenvalue weighted by molar-refractivity contribution is 7.20. The average Bonchev–Trinajstić information content (AvgIpc) is 3.16. The van der Waals surface area contributed by atoms with Crippen LogP contribution in [0.25, 0.3) is 10.1 Å². The second-order valence-corrected chi connectivity index (χ2v) is 8.17. The normalized spacial score (nSPS) is 20.8. The van der Waals surface area contributed by atoms with Crippen LogP contribution >= 0.6 is 11.3 Å². The van der Waals surface area contributed by atoms with Crippen molar-refractivity contribution in [2.75, 3.05) is 13.1 Å². The van der Waals surface area contributed by atoms with Gasteiger partial charge in [-0.1, -0.05) is 32.0 Å². The number of benzene rings is 1. The molecule has 1 aliphatic rings. The monoisotopic (exact) mass is 344 g/mol. The predicted molar refractivity (Wildman–Crippen MR) is 98.3 cm³/mol. The zero-order valence-corrected chi connectivity index (χ0v) is 15.3. The maximum Gasteiger partial charge on any atom is 0.264 e. The molecular formula is C19H24N2O2S. The van der Waals surface area contributed by atoms with Crippen LogP contribution in [0.5, 0.6) is 0 Å². The smallest absolute Gasteiger partial charge is 0.264 e. The number of hydrogen-bond donors (Lipinski definition) is 1. The third-order valence-corrected chi connectivity index (χ3v) is 5.79. The highest BCUT2D eigenvalue weighted by Crippen LogP contribution is 2.34. The van der Waals surface area contributed by atoms with Crippen molar-refractivity contribution in [3.8, 4) is 0 Å². The molecule has 24 heavy (non-hydrogen) atoms. The Morgan fingerprint density at radius 2 is 2.08 bits per heavy atom. The Balaban J connectivity index is 1.83. The number of nitrogens with one attached hydrogen (secondary N) is 1. The molecule has 1 aromatic heterocycles. The highest BCUT2D eigenvalue weighted by Gasteiger charge is 2.46. The molecule has 1 aromatic carbocycles. The second kappa shape index (κ2) is 6.55. The Bertz CT molecular complexity index is 735. The summed E-state index contributed by atoms with van der Waals surface area (Å²) in [4.78, 5) is 28.2. The Kier molecular flexibility index (Phi) is 4.63.